The summed E-state index contributed by atoms with van der Waals surface area (Å²) in [6.45, 7) is 0.396. The maximum Gasteiger partial charge on any atom is 0.303 e. The quantitative estimate of drug-likeness (QED) is 0.476. The van der Waals surface area contributed by atoms with Crippen LogP contribution in [0.25, 0.3) is 0 Å². The standard InChI is InChI=1S/C25H24O5/c1-29-23-13-6-5-12-21(23)22(14-15-24(26)27)25(28)19-10-7-11-20(16-19)30-17-18-8-3-2-4-9-18/h2-13,16,22H,14-15,17H2,1H3,(H,26,27). The summed E-state index contributed by atoms with van der Waals surface area (Å²) in [5, 5.41) is 9.15. The minimum absolute atomic E-state index is 0.112. The minimum Gasteiger partial charge on any atom is -0.496 e. The van der Waals surface area contributed by atoms with Crippen LogP contribution in [0.5, 0.6) is 11.5 Å². The van der Waals surface area contributed by atoms with Crippen molar-refractivity contribution < 1.29 is 24.2 Å². The Labute approximate surface area is 175 Å². The first-order valence-electron chi connectivity index (χ1n) is 9.74. The van der Waals surface area contributed by atoms with E-state index in [4.69, 9.17) is 14.6 Å². The molecule has 0 radical (unpaired) electrons. The first-order valence-corrected chi connectivity index (χ1v) is 9.74. The molecule has 0 fully saturated rings. The molecule has 3 rings (SSSR count). The van der Waals surface area contributed by atoms with Crippen LogP contribution in [0, 0.1) is 0 Å². The van der Waals surface area contributed by atoms with Crippen LogP contribution >= 0.6 is 0 Å². The number of ketones is 1. The van der Waals surface area contributed by atoms with Crippen LogP contribution in [0.2, 0.25) is 0 Å². The number of Topliss-reactive ketones (excluding diaryl/α,β-unsaturated/α-hetero) is 1. The van der Waals surface area contributed by atoms with E-state index >= 15 is 0 Å². The van der Waals surface area contributed by atoms with Gasteiger partial charge in [0.05, 0.1) is 13.0 Å². The van der Waals surface area contributed by atoms with Crippen LogP contribution < -0.4 is 9.47 Å². The van der Waals surface area contributed by atoms with Crippen molar-refractivity contribution in [1.82, 2.24) is 0 Å². The highest BCUT2D eigenvalue weighted by Crippen LogP contribution is 2.33. The molecule has 154 valence electrons. The molecule has 0 aliphatic heterocycles. The van der Waals surface area contributed by atoms with Crippen molar-refractivity contribution in [3.63, 3.8) is 0 Å². The van der Waals surface area contributed by atoms with Crippen molar-refractivity contribution in [3.05, 3.63) is 95.6 Å². The fourth-order valence-corrected chi connectivity index (χ4v) is 3.33. The molecule has 1 N–H and O–H groups in total. The smallest absolute Gasteiger partial charge is 0.303 e. The lowest BCUT2D eigenvalue weighted by Crippen LogP contribution is -2.16. The van der Waals surface area contributed by atoms with Gasteiger partial charge in [-0.3, -0.25) is 9.59 Å². The van der Waals surface area contributed by atoms with E-state index in [0.29, 0.717) is 29.2 Å². The van der Waals surface area contributed by atoms with Crippen molar-refractivity contribution >= 4 is 11.8 Å². The van der Waals surface area contributed by atoms with Crippen LogP contribution in [0.3, 0.4) is 0 Å². The summed E-state index contributed by atoms with van der Waals surface area (Å²) >= 11 is 0. The zero-order chi connectivity index (χ0) is 21.3. The number of carbonyl (C=O) groups is 2. The number of carbonyl (C=O) groups excluding carboxylic acids is 1. The molecule has 5 nitrogen and oxygen atoms in total. The van der Waals surface area contributed by atoms with Crippen molar-refractivity contribution in [2.24, 2.45) is 0 Å². The summed E-state index contributed by atoms with van der Waals surface area (Å²) < 4.78 is 11.2. The van der Waals surface area contributed by atoms with Crippen LogP contribution in [0.1, 0.15) is 40.2 Å². The highest BCUT2D eigenvalue weighted by Gasteiger charge is 2.26. The SMILES string of the molecule is COc1ccccc1C(CCC(=O)O)C(=O)c1cccc(OCc2ccccc2)c1. The van der Waals surface area contributed by atoms with E-state index in [1.807, 2.05) is 42.5 Å². The Hall–Kier alpha value is -3.60. The number of para-hydroxylation sites is 1. The molecule has 1 atom stereocenters. The van der Waals surface area contributed by atoms with Crippen molar-refractivity contribution in [3.8, 4) is 11.5 Å². The van der Waals surface area contributed by atoms with Gasteiger partial charge in [0.2, 0.25) is 0 Å². The van der Waals surface area contributed by atoms with Gasteiger partial charge in [-0.2, -0.15) is 0 Å². The second-order valence-corrected chi connectivity index (χ2v) is 6.89. The number of ether oxygens (including phenoxy) is 2. The molecule has 1 unspecified atom stereocenters. The van der Waals surface area contributed by atoms with Crippen LogP contribution in [0.15, 0.2) is 78.9 Å². The average molecular weight is 404 g/mol. The summed E-state index contributed by atoms with van der Waals surface area (Å²) in [6.07, 6.45) is 0.0717. The zero-order valence-electron chi connectivity index (χ0n) is 16.8. The van der Waals surface area contributed by atoms with E-state index in [2.05, 4.69) is 0 Å². The predicted octanol–water partition coefficient (Wildman–Crippen LogP) is 5.11. The maximum atomic E-state index is 13.3. The number of carboxylic acid groups (broad SMARTS) is 1. The highest BCUT2D eigenvalue weighted by molar-refractivity contribution is 6.01. The van der Waals surface area contributed by atoms with E-state index in [9.17, 15) is 9.59 Å². The Morgan fingerprint density at radius 1 is 0.933 bits per heavy atom. The van der Waals surface area contributed by atoms with Gasteiger partial charge in [0.25, 0.3) is 0 Å². The fraction of sp³-hybridized carbons (Fsp3) is 0.200. The summed E-state index contributed by atoms with van der Waals surface area (Å²) in [5.41, 5.74) is 2.19. The molecule has 0 aliphatic rings. The molecule has 0 saturated carbocycles. The Kier molecular flexibility index (Phi) is 7.22. The Bertz CT molecular complexity index is 997. The Morgan fingerprint density at radius 3 is 2.40 bits per heavy atom. The molecule has 0 spiro atoms. The van der Waals surface area contributed by atoms with Gasteiger partial charge in [0, 0.05) is 17.5 Å². The molecule has 0 bridgehead atoms. The average Bonchev–Trinajstić information content (AvgIpc) is 2.78. The topological polar surface area (TPSA) is 72.8 Å². The number of hydrogen-bond acceptors (Lipinski definition) is 4. The second kappa shape index (κ2) is 10.3. The monoisotopic (exact) mass is 404 g/mol. The molecular formula is C25H24O5. The Balaban J connectivity index is 1.84. The zero-order valence-corrected chi connectivity index (χ0v) is 16.8. The lowest BCUT2D eigenvalue weighted by molar-refractivity contribution is -0.137. The second-order valence-electron chi connectivity index (χ2n) is 6.89. The van der Waals surface area contributed by atoms with E-state index in [0.717, 1.165) is 5.56 Å². The van der Waals surface area contributed by atoms with Crippen LogP contribution in [-0.2, 0) is 11.4 Å². The molecule has 30 heavy (non-hydrogen) atoms. The number of carboxylic acids is 1. The molecule has 5 heteroatoms. The molecular weight excluding hydrogens is 380 g/mol. The first kappa shape index (κ1) is 21.1. The molecule has 0 heterocycles. The third-order valence-corrected chi connectivity index (χ3v) is 4.84. The van der Waals surface area contributed by atoms with Gasteiger partial charge < -0.3 is 14.6 Å². The summed E-state index contributed by atoms with van der Waals surface area (Å²) in [6, 6.07) is 24.0. The van der Waals surface area contributed by atoms with E-state index < -0.39 is 11.9 Å². The van der Waals surface area contributed by atoms with Gasteiger partial charge in [0.1, 0.15) is 18.1 Å². The van der Waals surface area contributed by atoms with Gasteiger partial charge >= 0.3 is 5.97 Å². The molecule has 3 aromatic carbocycles. The van der Waals surface area contributed by atoms with Crippen molar-refractivity contribution in [1.29, 1.82) is 0 Å². The van der Waals surface area contributed by atoms with Gasteiger partial charge in [0.15, 0.2) is 5.78 Å². The summed E-state index contributed by atoms with van der Waals surface area (Å²) in [4.78, 5) is 24.5. The highest BCUT2D eigenvalue weighted by atomic mass is 16.5. The molecule has 3 aromatic rings. The van der Waals surface area contributed by atoms with Gasteiger partial charge in [-0.25, -0.2) is 0 Å². The number of hydrogen-bond donors (Lipinski definition) is 1. The number of methoxy groups -OCH3 is 1. The van der Waals surface area contributed by atoms with Crippen molar-refractivity contribution in [2.75, 3.05) is 7.11 Å². The van der Waals surface area contributed by atoms with Crippen LogP contribution in [0.4, 0.5) is 0 Å². The largest absolute Gasteiger partial charge is 0.496 e. The first-order chi connectivity index (χ1) is 14.6. The number of aliphatic carboxylic acids is 1. The molecule has 0 aromatic heterocycles. The van der Waals surface area contributed by atoms with Gasteiger partial charge in [-0.05, 0) is 30.2 Å². The normalized spacial score (nSPS) is 11.5. The van der Waals surface area contributed by atoms with Gasteiger partial charge in [-0.1, -0.05) is 60.7 Å². The number of benzene rings is 3. The van der Waals surface area contributed by atoms with Crippen LogP contribution in [-0.4, -0.2) is 24.0 Å². The molecule has 0 aliphatic carbocycles. The molecule has 0 saturated heterocycles. The number of rotatable bonds is 10. The van der Waals surface area contributed by atoms with E-state index in [-0.39, 0.29) is 18.6 Å². The van der Waals surface area contributed by atoms with E-state index in [1.54, 1.807) is 36.4 Å². The molecule has 0 amide bonds. The summed E-state index contributed by atoms with van der Waals surface area (Å²) in [5.74, 6) is -0.574. The lowest BCUT2D eigenvalue weighted by Gasteiger charge is -2.19. The summed E-state index contributed by atoms with van der Waals surface area (Å²) in [7, 11) is 1.54. The third-order valence-electron chi connectivity index (χ3n) is 4.84. The predicted molar refractivity (Wildman–Crippen MR) is 114 cm³/mol. The van der Waals surface area contributed by atoms with Gasteiger partial charge in [-0.15, -0.1) is 0 Å². The maximum absolute atomic E-state index is 13.3. The fourth-order valence-electron chi connectivity index (χ4n) is 3.33. The minimum atomic E-state index is -0.942. The Morgan fingerprint density at radius 2 is 1.67 bits per heavy atom. The third kappa shape index (κ3) is 5.47. The van der Waals surface area contributed by atoms with E-state index in [1.165, 1.54) is 7.11 Å². The lowest BCUT2D eigenvalue weighted by atomic mass is 9.86. The van der Waals surface area contributed by atoms with Crippen molar-refractivity contribution in [2.45, 2.75) is 25.4 Å².